The minimum absolute atomic E-state index is 0.730. The van der Waals surface area contributed by atoms with Gasteiger partial charge in [0.1, 0.15) is 13.3 Å². The lowest BCUT2D eigenvalue weighted by molar-refractivity contribution is 0.409. The Kier molecular flexibility index (Phi) is 3.52. The monoisotopic (exact) mass is 111 g/mol. The van der Waals surface area contributed by atoms with Crippen LogP contribution in [0.1, 0.15) is 0 Å². The topological polar surface area (TPSA) is 0 Å². The summed E-state index contributed by atoms with van der Waals surface area (Å²) >= 11 is 4.19. The van der Waals surface area contributed by atoms with Crippen LogP contribution in [0.15, 0.2) is 0 Å². The van der Waals surface area contributed by atoms with Gasteiger partial charge in [-0.25, -0.2) is 8.78 Å². The van der Waals surface area contributed by atoms with Crippen molar-refractivity contribution in [2.45, 2.75) is 5.25 Å². The van der Waals surface area contributed by atoms with E-state index in [0.29, 0.717) is 0 Å². The minimum Gasteiger partial charge on any atom is -0.250 e. The predicted octanol–water partition coefficient (Wildman–Crippen LogP) is 1.49. The van der Waals surface area contributed by atoms with E-state index in [9.17, 15) is 8.78 Å². The van der Waals surface area contributed by atoms with Crippen LogP contribution in [-0.2, 0) is 0 Å². The Morgan fingerprint density at radius 3 is 1.67 bits per heavy atom. The molecule has 6 heavy (non-hydrogen) atoms. The molecule has 0 saturated heterocycles. The summed E-state index contributed by atoms with van der Waals surface area (Å²) in [5.74, 6) is 0. The van der Waals surface area contributed by atoms with E-state index in [1.807, 2.05) is 0 Å². The summed E-state index contributed by atoms with van der Waals surface area (Å²) in [5.41, 5.74) is 0. The molecule has 0 amide bonds. The van der Waals surface area contributed by atoms with Gasteiger partial charge in [0.05, 0.1) is 5.25 Å². The maximum atomic E-state index is 11.0. The van der Waals surface area contributed by atoms with E-state index in [4.69, 9.17) is 0 Å². The van der Waals surface area contributed by atoms with Gasteiger partial charge in [0, 0.05) is 0 Å². The molecule has 0 aliphatic rings. The van der Waals surface area contributed by atoms with Crippen molar-refractivity contribution in [1.29, 1.82) is 0 Å². The summed E-state index contributed by atoms with van der Waals surface area (Å²) in [6.45, 7) is -1.46. The molecule has 0 rings (SSSR count). The average molecular weight is 111 g/mol. The summed E-state index contributed by atoms with van der Waals surface area (Å²) in [7, 11) is 0. The van der Waals surface area contributed by atoms with E-state index in [0.717, 1.165) is 0 Å². The smallest absolute Gasteiger partial charge is 0.105 e. The summed E-state index contributed by atoms with van der Waals surface area (Å²) < 4.78 is 22.1. The Hall–Kier alpha value is 0.210. The van der Waals surface area contributed by atoms with Gasteiger partial charge < -0.3 is 0 Å². The summed E-state index contributed by atoms with van der Waals surface area (Å²) in [5, 5.41) is -0.815. The zero-order chi connectivity index (χ0) is 4.99. The normalized spacial score (nSPS) is 10.0. The highest BCUT2D eigenvalue weighted by molar-refractivity contribution is 7.81. The molecule has 0 unspecified atom stereocenters. The van der Waals surface area contributed by atoms with Gasteiger partial charge in [0.25, 0.3) is 0 Å². The zero-order valence-corrected chi connectivity index (χ0v) is 3.97. The first-order chi connectivity index (χ1) is 2.81. The second-order valence-electron chi connectivity index (χ2n) is 0.931. The van der Waals surface area contributed by atoms with E-state index in [-0.39, 0.29) is 0 Å². The van der Waals surface area contributed by atoms with Crippen LogP contribution in [0.25, 0.3) is 0 Å². The van der Waals surface area contributed by atoms with Gasteiger partial charge in [-0.15, -0.1) is 0 Å². The average Bonchev–Trinajstić information content (AvgIpc) is 1.65. The quantitative estimate of drug-likeness (QED) is 0.506. The standard InChI is InChI=1S/C3H5F2S/c4-1-3(6)2-5/h3H,1-2H2. The Balaban J connectivity index is 2.75. The molecule has 0 aliphatic carbocycles. The van der Waals surface area contributed by atoms with Gasteiger partial charge in [0.15, 0.2) is 0 Å². The number of hydrogen-bond acceptors (Lipinski definition) is 0. The van der Waals surface area contributed by atoms with Crippen molar-refractivity contribution in [2.24, 2.45) is 0 Å². The third kappa shape index (κ3) is 2.45. The number of rotatable bonds is 2. The molecule has 0 N–H and O–H groups in total. The molecule has 0 fully saturated rings. The molecule has 0 aromatic rings. The van der Waals surface area contributed by atoms with E-state index in [1.54, 1.807) is 0 Å². The number of hydrogen-bond donors (Lipinski definition) is 0. The Morgan fingerprint density at radius 1 is 1.33 bits per heavy atom. The van der Waals surface area contributed by atoms with Crippen molar-refractivity contribution in [2.75, 3.05) is 13.3 Å². The van der Waals surface area contributed by atoms with Gasteiger partial charge in [-0.3, -0.25) is 0 Å². The first-order valence-corrected chi connectivity index (χ1v) is 2.06. The maximum absolute atomic E-state index is 11.0. The second kappa shape index (κ2) is 3.40. The van der Waals surface area contributed by atoms with Crippen LogP contribution in [0.4, 0.5) is 8.78 Å². The molecule has 0 heterocycles. The molecule has 0 aromatic carbocycles. The molecule has 1 radical (unpaired) electrons. The lowest BCUT2D eigenvalue weighted by Gasteiger charge is -1.90. The van der Waals surface area contributed by atoms with Crippen LogP contribution in [0.3, 0.4) is 0 Å². The minimum atomic E-state index is -0.815. The fourth-order valence-electron chi connectivity index (χ4n) is 0.0412. The van der Waals surface area contributed by atoms with Crippen LogP contribution in [0.2, 0.25) is 0 Å². The highest BCUT2D eigenvalue weighted by atomic mass is 32.1. The second-order valence-corrected chi connectivity index (χ2v) is 1.60. The third-order valence-electron chi connectivity index (χ3n) is 0.344. The van der Waals surface area contributed by atoms with Crippen molar-refractivity contribution in [3.05, 3.63) is 0 Å². The van der Waals surface area contributed by atoms with E-state index in [2.05, 4.69) is 12.6 Å². The van der Waals surface area contributed by atoms with E-state index >= 15 is 0 Å². The lowest BCUT2D eigenvalue weighted by Crippen LogP contribution is -2.01. The first-order valence-electron chi connectivity index (χ1n) is 1.59. The largest absolute Gasteiger partial charge is 0.250 e. The predicted molar refractivity (Wildman–Crippen MR) is 23.3 cm³/mol. The maximum Gasteiger partial charge on any atom is 0.105 e. The van der Waals surface area contributed by atoms with Gasteiger partial charge in [-0.2, -0.15) is 0 Å². The van der Waals surface area contributed by atoms with Crippen LogP contribution < -0.4 is 0 Å². The van der Waals surface area contributed by atoms with Crippen molar-refractivity contribution in [3.8, 4) is 0 Å². The highest BCUT2D eigenvalue weighted by Crippen LogP contribution is 1.93. The molecule has 0 aromatic heterocycles. The summed E-state index contributed by atoms with van der Waals surface area (Å²) in [6.07, 6.45) is 0. The molecular weight excluding hydrogens is 106 g/mol. The molecule has 37 valence electrons. The van der Waals surface area contributed by atoms with Crippen molar-refractivity contribution in [3.63, 3.8) is 0 Å². The molecule has 0 saturated carbocycles. The van der Waals surface area contributed by atoms with Crippen molar-refractivity contribution >= 4 is 12.6 Å². The van der Waals surface area contributed by atoms with Gasteiger partial charge in [0.2, 0.25) is 0 Å². The van der Waals surface area contributed by atoms with Crippen molar-refractivity contribution in [1.82, 2.24) is 0 Å². The van der Waals surface area contributed by atoms with Crippen molar-refractivity contribution < 1.29 is 8.78 Å². The highest BCUT2D eigenvalue weighted by Gasteiger charge is 1.97. The van der Waals surface area contributed by atoms with E-state index < -0.39 is 18.6 Å². The SMILES string of the molecule is FCC([S])CF. The molecule has 0 atom stereocenters. The van der Waals surface area contributed by atoms with Crippen LogP contribution >= 0.6 is 12.6 Å². The number of alkyl halides is 2. The molecule has 0 spiro atoms. The summed E-state index contributed by atoms with van der Waals surface area (Å²) in [4.78, 5) is 0. The Morgan fingerprint density at radius 2 is 1.67 bits per heavy atom. The van der Waals surface area contributed by atoms with Crippen LogP contribution in [0.5, 0.6) is 0 Å². The molecule has 0 bridgehead atoms. The summed E-state index contributed by atoms with van der Waals surface area (Å²) in [6, 6.07) is 0. The van der Waals surface area contributed by atoms with Crippen LogP contribution in [0, 0.1) is 0 Å². The fraction of sp³-hybridized carbons (Fsp3) is 1.00. The Labute approximate surface area is 41.0 Å². The fourth-order valence-corrected chi connectivity index (χ4v) is 0.0412. The first kappa shape index (κ1) is 6.21. The van der Waals surface area contributed by atoms with Gasteiger partial charge in [-0.05, 0) is 0 Å². The molecule has 3 heteroatoms. The van der Waals surface area contributed by atoms with Gasteiger partial charge in [-0.1, -0.05) is 12.6 Å². The van der Waals surface area contributed by atoms with E-state index in [1.165, 1.54) is 0 Å². The number of halogens is 2. The molecular formula is C3H5F2S. The van der Waals surface area contributed by atoms with Gasteiger partial charge >= 0.3 is 0 Å². The third-order valence-corrected chi connectivity index (χ3v) is 0.596. The zero-order valence-electron chi connectivity index (χ0n) is 3.16. The molecule has 0 aliphatic heterocycles. The Bertz CT molecular complexity index is 28.0. The van der Waals surface area contributed by atoms with Crippen LogP contribution in [-0.4, -0.2) is 18.6 Å². The molecule has 0 nitrogen and oxygen atoms in total. The lowest BCUT2D eigenvalue weighted by atomic mass is 10.5.